The lowest BCUT2D eigenvalue weighted by atomic mass is 10.2. The summed E-state index contributed by atoms with van der Waals surface area (Å²) in [6.07, 6.45) is 0.907. The van der Waals surface area contributed by atoms with Gasteiger partial charge in [-0.1, -0.05) is 18.2 Å². The molecule has 1 aliphatic heterocycles. The summed E-state index contributed by atoms with van der Waals surface area (Å²) in [6.45, 7) is 1.71. The van der Waals surface area contributed by atoms with Gasteiger partial charge >= 0.3 is 0 Å². The molecule has 1 aromatic rings. The van der Waals surface area contributed by atoms with Gasteiger partial charge in [-0.05, 0) is 19.9 Å². The van der Waals surface area contributed by atoms with Gasteiger partial charge in [0.15, 0.2) is 0 Å². The normalized spacial score (nSPS) is 29.4. The van der Waals surface area contributed by atoms with E-state index < -0.39 is 7.06 Å². The van der Waals surface area contributed by atoms with Gasteiger partial charge in [0.25, 0.3) is 7.06 Å². The summed E-state index contributed by atoms with van der Waals surface area (Å²) in [7, 11) is -1.86. The van der Waals surface area contributed by atoms with Crippen molar-refractivity contribution >= 4 is 15.3 Å². The summed E-state index contributed by atoms with van der Waals surface area (Å²) >= 11 is 0. The molecule has 0 aromatic heterocycles. The summed E-state index contributed by atoms with van der Waals surface area (Å²) in [6, 6.07) is 7.81. The molecule has 1 aliphatic rings. The molecule has 4 heteroatoms. The fourth-order valence-electron chi connectivity index (χ4n) is 1.19. The highest BCUT2D eigenvalue weighted by atomic mass is 32.1. The van der Waals surface area contributed by atoms with Crippen LogP contribution in [0.1, 0.15) is 5.56 Å². The zero-order chi connectivity index (χ0) is 8.60. The second kappa shape index (κ2) is 2.87. The number of hydrogen-bond acceptors (Lipinski definition) is 2. The van der Waals surface area contributed by atoms with Crippen LogP contribution in [0.15, 0.2) is 24.3 Å². The minimum absolute atomic E-state index is 0.429. The molecule has 2 nitrogen and oxygen atoms in total. The number of hydrogen-bond donors (Lipinski definition) is 0. The van der Waals surface area contributed by atoms with Crippen molar-refractivity contribution in [3.05, 3.63) is 29.8 Å². The fourth-order valence-corrected chi connectivity index (χ4v) is 4.42. The Hall–Kier alpha value is -0.320. The second-order valence-electron chi connectivity index (χ2n) is 2.88. The van der Waals surface area contributed by atoms with Gasteiger partial charge in [0.1, 0.15) is 5.75 Å². The maximum Gasteiger partial charge on any atom is 0.261 e. The Labute approximate surface area is 73.5 Å². The van der Waals surface area contributed by atoms with E-state index in [9.17, 15) is 4.57 Å². The van der Waals surface area contributed by atoms with Crippen LogP contribution in [0, 0.1) is 0 Å². The third-order valence-electron chi connectivity index (χ3n) is 1.80. The van der Waals surface area contributed by atoms with Gasteiger partial charge in [-0.15, -0.1) is 0 Å². The smallest absolute Gasteiger partial charge is 0.261 e. The summed E-state index contributed by atoms with van der Waals surface area (Å²) < 4.78 is 17.0. The molecule has 0 spiro atoms. The Balaban J connectivity index is 2.42. The van der Waals surface area contributed by atoms with Crippen molar-refractivity contribution in [3.8, 4) is 5.75 Å². The van der Waals surface area contributed by atoms with Crippen LogP contribution in [0.25, 0.3) is 0 Å². The van der Waals surface area contributed by atoms with Crippen molar-refractivity contribution in [1.82, 2.24) is 0 Å². The number of para-hydroxylation sites is 1. The van der Waals surface area contributed by atoms with Crippen LogP contribution in [0.2, 0.25) is 0 Å². The molecule has 0 fully saturated rings. The standard InChI is InChI=1S/C8H10O2P2/c1-12(9)10-8-5-3-2-4-7(8)6-11-12/h2-5,11H,6H2,1H3. The molecule has 1 heterocycles. The lowest BCUT2D eigenvalue weighted by Crippen LogP contribution is -1.96. The van der Waals surface area contributed by atoms with E-state index in [4.69, 9.17) is 4.52 Å². The van der Waals surface area contributed by atoms with E-state index in [0.717, 1.165) is 11.9 Å². The molecule has 0 amide bonds. The van der Waals surface area contributed by atoms with Crippen molar-refractivity contribution in [3.63, 3.8) is 0 Å². The molecule has 0 saturated heterocycles. The van der Waals surface area contributed by atoms with Crippen molar-refractivity contribution in [2.75, 3.05) is 6.66 Å². The van der Waals surface area contributed by atoms with Gasteiger partial charge in [-0.2, -0.15) is 0 Å². The van der Waals surface area contributed by atoms with E-state index in [-0.39, 0.29) is 0 Å². The topological polar surface area (TPSA) is 26.3 Å². The molecule has 2 rings (SSSR count). The molecule has 0 N–H and O–H groups in total. The average molecular weight is 200 g/mol. The van der Waals surface area contributed by atoms with Crippen LogP contribution in [-0.2, 0) is 10.7 Å². The summed E-state index contributed by atoms with van der Waals surface area (Å²) in [4.78, 5) is 0. The van der Waals surface area contributed by atoms with Crippen LogP contribution in [0.3, 0.4) is 0 Å². The molecule has 0 radical (unpaired) electrons. The van der Waals surface area contributed by atoms with Crippen LogP contribution in [0.5, 0.6) is 5.75 Å². The summed E-state index contributed by atoms with van der Waals surface area (Å²) in [5.41, 5.74) is 1.18. The maximum atomic E-state index is 11.6. The third-order valence-corrected chi connectivity index (χ3v) is 5.93. The first-order valence-corrected chi connectivity index (χ1v) is 7.90. The predicted molar refractivity (Wildman–Crippen MR) is 52.6 cm³/mol. The zero-order valence-corrected chi connectivity index (χ0v) is 8.67. The highest BCUT2D eigenvalue weighted by Gasteiger charge is 2.24. The Bertz CT molecular complexity index is 349. The maximum absolute atomic E-state index is 11.6. The summed E-state index contributed by atoms with van der Waals surface area (Å²) in [5.74, 6) is 0.807. The molecule has 2 unspecified atom stereocenters. The average Bonchev–Trinajstić information content (AvgIpc) is 2.02. The molecule has 0 aliphatic carbocycles. The van der Waals surface area contributed by atoms with Crippen molar-refractivity contribution < 1.29 is 9.09 Å². The Morgan fingerprint density at radius 1 is 1.50 bits per heavy atom. The SMILES string of the molecule is CP1(=O)Oc2ccccc2CP1. The van der Waals surface area contributed by atoms with E-state index in [2.05, 4.69) is 0 Å². The molecule has 12 heavy (non-hydrogen) atoms. The van der Waals surface area contributed by atoms with E-state index >= 15 is 0 Å². The fraction of sp³-hybridized carbons (Fsp3) is 0.250. The molecule has 0 bridgehead atoms. The first-order chi connectivity index (χ1) is 5.67. The highest BCUT2D eigenvalue weighted by molar-refractivity contribution is 8.22. The highest BCUT2D eigenvalue weighted by Crippen LogP contribution is 2.65. The number of benzene rings is 1. The van der Waals surface area contributed by atoms with Crippen molar-refractivity contribution in [2.24, 2.45) is 0 Å². The predicted octanol–water partition coefficient (Wildman–Crippen LogP) is 3.08. The lowest BCUT2D eigenvalue weighted by Gasteiger charge is -2.22. The summed E-state index contributed by atoms with van der Waals surface area (Å²) in [5, 5.41) is 0. The van der Waals surface area contributed by atoms with Gasteiger partial charge in [0.2, 0.25) is 0 Å². The van der Waals surface area contributed by atoms with Crippen LogP contribution < -0.4 is 4.52 Å². The monoisotopic (exact) mass is 200 g/mol. The Morgan fingerprint density at radius 3 is 3.08 bits per heavy atom. The van der Waals surface area contributed by atoms with Crippen LogP contribution >= 0.6 is 15.3 Å². The third kappa shape index (κ3) is 1.55. The second-order valence-corrected chi connectivity index (χ2v) is 8.81. The van der Waals surface area contributed by atoms with Gasteiger partial charge < -0.3 is 4.52 Å². The van der Waals surface area contributed by atoms with E-state index in [1.165, 1.54) is 5.56 Å². The molecular formula is C8H10O2P2. The molecule has 2 atom stereocenters. The van der Waals surface area contributed by atoms with Crippen LogP contribution in [-0.4, -0.2) is 6.66 Å². The molecular weight excluding hydrogens is 190 g/mol. The Morgan fingerprint density at radius 2 is 2.25 bits per heavy atom. The van der Waals surface area contributed by atoms with E-state index in [1.54, 1.807) is 6.66 Å². The number of fused-ring (bicyclic) bond motifs is 1. The van der Waals surface area contributed by atoms with Gasteiger partial charge in [-0.25, -0.2) is 0 Å². The minimum Gasteiger partial charge on any atom is -0.440 e. The van der Waals surface area contributed by atoms with E-state index in [1.807, 2.05) is 24.3 Å². The van der Waals surface area contributed by atoms with Gasteiger partial charge in [0, 0.05) is 12.8 Å². The number of rotatable bonds is 0. The molecule has 64 valence electrons. The minimum atomic E-state index is -2.29. The van der Waals surface area contributed by atoms with Gasteiger partial charge in [0.05, 0.1) is 0 Å². The quantitative estimate of drug-likeness (QED) is 0.601. The van der Waals surface area contributed by atoms with Crippen molar-refractivity contribution in [2.45, 2.75) is 6.16 Å². The van der Waals surface area contributed by atoms with Crippen LogP contribution in [0.4, 0.5) is 0 Å². The zero-order valence-electron chi connectivity index (χ0n) is 6.78. The largest absolute Gasteiger partial charge is 0.440 e. The Kier molecular flexibility index (Phi) is 1.98. The molecule has 0 saturated carbocycles. The van der Waals surface area contributed by atoms with Crippen molar-refractivity contribution in [1.29, 1.82) is 0 Å². The molecule has 1 aromatic carbocycles. The van der Waals surface area contributed by atoms with Gasteiger partial charge in [-0.3, -0.25) is 4.57 Å². The van der Waals surface area contributed by atoms with E-state index in [0.29, 0.717) is 8.27 Å². The first kappa shape index (κ1) is 8.29. The first-order valence-electron chi connectivity index (χ1n) is 3.77. The lowest BCUT2D eigenvalue weighted by molar-refractivity contribution is 0.500.